The molecule has 0 atom stereocenters. The number of amides is 2. The molecule has 0 unspecified atom stereocenters. The van der Waals surface area contributed by atoms with Gasteiger partial charge in [0.15, 0.2) is 0 Å². The van der Waals surface area contributed by atoms with E-state index in [2.05, 4.69) is 10.3 Å². The van der Waals surface area contributed by atoms with Crippen molar-refractivity contribution in [3.63, 3.8) is 0 Å². The van der Waals surface area contributed by atoms with Crippen molar-refractivity contribution in [2.24, 2.45) is 5.92 Å². The fraction of sp³-hybridized carbons (Fsp3) is 0.611. The Bertz CT molecular complexity index is 546. The summed E-state index contributed by atoms with van der Waals surface area (Å²) in [5.74, 6) is 0.529. The fourth-order valence-corrected chi connectivity index (χ4v) is 2.72. The number of hydrogen-bond acceptors (Lipinski definition) is 4. The molecule has 0 saturated carbocycles. The number of nitrogens with zero attached hydrogens (tertiary/aromatic N) is 2. The molecule has 0 spiro atoms. The highest BCUT2D eigenvalue weighted by Crippen LogP contribution is 2.17. The van der Waals surface area contributed by atoms with Gasteiger partial charge in [0.25, 0.3) is 0 Å². The molecule has 1 aliphatic heterocycles. The Morgan fingerprint density at radius 3 is 2.62 bits per heavy atom. The molecule has 1 aromatic heterocycles. The van der Waals surface area contributed by atoms with E-state index in [9.17, 15) is 9.59 Å². The zero-order valence-electron chi connectivity index (χ0n) is 14.7. The number of piperidine rings is 1. The molecule has 2 heterocycles. The van der Waals surface area contributed by atoms with Gasteiger partial charge in [-0.15, -0.1) is 0 Å². The molecule has 1 saturated heterocycles. The lowest BCUT2D eigenvalue weighted by Gasteiger charge is -2.32. The number of aromatic nitrogens is 1. The highest BCUT2D eigenvalue weighted by molar-refractivity contribution is 5.78. The van der Waals surface area contributed by atoms with Gasteiger partial charge >= 0.3 is 6.09 Å². The topological polar surface area (TPSA) is 71.5 Å². The van der Waals surface area contributed by atoms with Crippen LogP contribution in [0.4, 0.5) is 4.79 Å². The van der Waals surface area contributed by atoms with Gasteiger partial charge in [-0.3, -0.25) is 9.78 Å². The van der Waals surface area contributed by atoms with E-state index in [1.54, 1.807) is 12.4 Å². The van der Waals surface area contributed by atoms with E-state index in [-0.39, 0.29) is 12.0 Å². The Balaban J connectivity index is 1.69. The Morgan fingerprint density at radius 1 is 1.33 bits per heavy atom. The number of hydrogen-bond donors (Lipinski definition) is 1. The SMILES string of the molecule is CC(C)(C)OC(=O)NCC1CCN(C(=O)Cc2cccnc2)CC1. The van der Waals surface area contributed by atoms with E-state index in [0.29, 0.717) is 18.9 Å². The largest absolute Gasteiger partial charge is 0.444 e. The second kappa shape index (κ2) is 8.13. The van der Waals surface area contributed by atoms with Gasteiger partial charge in [0, 0.05) is 32.0 Å². The van der Waals surface area contributed by atoms with Crippen LogP contribution < -0.4 is 5.32 Å². The summed E-state index contributed by atoms with van der Waals surface area (Å²) in [7, 11) is 0. The molecule has 1 aliphatic rings. The summed E-state index contributed by atoms with van der Waals surface area (Å²) in [4.78, 5) is 29.9. The van der Waals surface area contributed by atoms with E-state index < -0.39 is 5.60 Å². The van der Waals surface area contributed by atoms with E-state index in [1.165, 1.54) is 0 Å². The average molecular weight is 333 g/mol. The third kappa shape index (κ3) is 6.18. The van der Waals surface area contributed by atoms with Crippen LogP contribution in [0.25, 0.3) is 0 Å². The molecule has 0 bridgehead atoms. The van der Waals surface area contributed by atoms with Crippen LogP contribution in [0.15, 0.2) is 24.5 Å². The van der Waals surface area contributed by atoms with Crippen molar-refractivity contribution in [3.05, 3.63) is 30.1 Å². The first-order chi connectivity index (χ1) is 11.3. The maximum absolute atomic E-state index is 12.3. The van der Waals surface area contributed by atoms with Crippen molar-refractivity contribution in [1.82, 2.24) is 15.2 Å². The second-order valence-electron chi connectivity index (χ2n) is 7.25. The van der Waals surface area contributed by atoms with E-state index in [0.717, 1.165) is 31.5 Å². The predicted octanol–water partition coefficient (Wildman–Crippen LogP) is 2.39. The Morgan fingerprint density at radius 2 is 2.04 bits per heavy atom. The minimum Gasteiger partial charge on any atom is -0.444 e. The van der Waals surface area contributed by atoms with Gasteiger partial charge < -0.3 is 15.0 Å². The monoisotopic (exact) mass is 333 g/mol. The predicted molar refractivity (Wildman–Crippen MR) is 91.5 cm³/mol. The average Bonchev–Trinajstić information content (AvgIpc) is 2.53. The smallest absolute Gasteiger partial charge is 0.407 e. The maximum atomic E-state index is 12.3. The Kier molecular flexibility index (Phi) is 6.17. The third-order valence-corrected chi connectivity index (χ3v) is 3.98. The Labute approximate surface area is 143 Å². The molecule has 0 radical (unpaired) electrons. The highest BCUT2D eigenvalue weighted by Gasteiger charge is 2.24. The van der Waals surface area contributed by atoms with E-state index in [4.69, 9.17) is 4.74 Å². The number of alkyl carbamates (subject to hydrolysis) is 1. The number of ether oxygens (including phenoxy) is 1. The van der Waals surface area contributed by atoms with Gasteiger partial charge in [-0.2, -0.15) is 0 Å². The number of likely N-dealkylation sites (tertiary alicyclic amines) is 1. The van der Waals surface area contributed by atoms with Gasteiger partial charge in [-0.25, -0.2) is 4.79 Å². The third-order valence-electron chi connectivity index (χ3n) is 3.98. The molecule has 6 heteroatoms. The van der Waals surface area contributed by atoms with Crippen molar-refractivity contribution >= 4 is 12.0 Å². The zero-order chi connectivity index (χ0) is 17.6. The first kappa shape index (κ1) is 18.2. The molecule has 0 aliphatic carbocycles. The molecule has 1 N–H and O–H groups in total. The van der Waals surface area contributed by atoms with Crippen molar-refractivity contribution in [1.29, 1.82) is 0 Å². The molecule has 6 nitrogen and oxygen atoms in total. The molecule has 0 aromatic carbocycles. The van der Waals surface area contributed by atoms with Crippen molar-refractivity contribution < 1.29 is 14.3 Å². The quantitative estimate of drug-likeness (QED) is 0.918. The standard InChI is InChI=1S/C18H27N3O3/c1-18(2,3)24-17(23)20-13-14-6-9-21(10-7-14)16(22)11-15-5-4-8-19-12-15/h4-5,8,12,14H,6-7,9-11,13H2,1-3H3,(H,20,23). The summed E-state index contributed by atoms with van der Waals surface area (Å²) < 4.78 is 5.23. The number of rotatable bonds is 4. The summed E-state index contributed by atoms with van der Waals surface area (Å²) >= 11 is 0. The normalized spacial score (nSPS) is 15.9. The summed E-state index contributed by atoms with van der Waals surface area (Å²) in [6.07, 6.45) is 5.25. The molecule has 24 heavy (non-hydrogen) atoms. The number of carbonyl (C=O) groups is 2. The van der Waals surface area contributed by atoms with E-state index in [1.807, 2.05) is 37.8 Å². The molecular weight excluding hydrogens is 306 g/mol. The zero-order valence-corrected chi connectivity index (χ0v) is 14.7. The number of carbonyl (C=O) groups excluding carboxylic acids is 2. The fourth-order valence-electron chi connectivity index (χ4n) is 2.72. The van der Waals surface area contributed by atoms with Crippen LogP contribution in [-0.4, -0.2) is 47.1 Å². The van der Waals surface area contributed by atoms with Crippen LogP contribution in [0.3, 0.4) is 0 Å². The lowest BCUT2D eigenvalue weighted by atomic mass is 9.96. The summed E-state index contributed by atoms with van der Waals surface area (Å²) in [6, 6.07) is 3.76. The maximum Gasteiger partial charge on any atom is 0.407 e. The van der Waals surface area contributed by atoms with Crippen LogP contribution in [0.5, 0.6) is 0 Å². The molecule has 1 aromatic rings. The highest BCUT2D eigenvalue weighted by atomic mass is 16.6. The van der Waals surface area contributed by atoms with Gasteiger partial charge in [0.1, 0.15) is 5.60 Å². The second-order valence-corrected chi connectivity index (χ2v) is 7.25. The van der Waals surface area contributed by atoms with E-state index >= 15 is 0 Å². The number of nitrogens with one attached hydrogen (secondary N) is 1. The van der Waals surface area contributed by atoms with Crippen LogP contribution in [-0.2, 0) is 16.0 Å². The molecule has 2 amide bonds. The summed E-state index contributed by atoms with van der Waals surface area (Å²) in [6.45, 7) is 7.61. The van der Waals surface area contributed by atoms with Crippen LogP contribution in [0, 0.1) is 5.92 Å². The van der Waals surface area contributed by atoms with Crippen LogP contribution in [0.2, 0.25) is 0 Å². The molecule has 1 fully saturated rings. The number of pyridine rings is 1. The summed E-state index contributed by atoms with van der Waals surface area (Å²) in [5, 5.41) is 2.82. The van der Waals surface area contributed by atoms with Gasteiger partial charge in [0.2, 0.25) is 5.91 Å². The molecular formula is C18H27N3O3. The van der Waals surface area contributed by atoms with Gasteiger partial charge in [0.05, 0.1) is 6.42 Å². The summed E-state index contributed by atoms with van der Waals surface area (Å²) in [5.41, 5.74) is 0.461. The van der Waals surface area contributed by atoms with Gasteiger partial charge in [-0.05, 0) is 51.2 Å². The van der Waals surface area contributed by atoms with Crippen molar-refractivity contribution in [2.75, 3.05) is 19.6 Å². The van der Waals surface area contributed by atoms with Crippen molar-refractivity contribution in [3.8, 4) is 0 Å². The molecule has 2 rings (SSSR count). The minimum atomic E-state index is -0.480. The minimum absolute atomic E-state index is 0.140. The van der Waals surface area contributed by atoms with Crippen LogP contribution in [0.1, 0.15) is 39.2 Å². The first-order valence-corrected chi connectivity index (χ1v) is 8.47. The molecule has 132 valence electrons. The lowest BCUT2D eigenvalue weighted by Crippen LogP contribution is -2.42. The lowest BCUT2D eigenvalue weighted by molar-refractivity contribution is -0.131. The van der Waals surface area contributed by atoms with Gasteiger partial charge in [-0.1, -0.05) is 6.07 Å². The first-order valence-electron chi connectivity index (χ1n) is 8.47. The van der Waals surface area contributed by atoms with Crippen molar-refractivity contribution in [2.45, 2.75) is 45.6 Å². The van der Waals surface area contributed by atoms with Crippen LogP contribution >= 0.6 is 0 Å². The Hall–Kier alpha value is -2.11.